The number of carbonyl (C=O) groups is 3. The van der Waals surface area contributed by atoms with Crippen molar-refractivity contribution < 1.29 is 33.3 Å². The van der Waals surface area contributed by atoms with Crippen molar-refractivity contribution in [1.82, 2.24) is 4.90 Å². The number of esters is 2. The van der Waals surface area contributed by atoms with Gasteiger partial charge in [0, 0.05) is 19.6 Å². The highest BCUT2D eigenvalue weighted by molar-refractivity contribution is 8.12. The van der Waals surface area contributed by atoms with Crippen LogP contribution < -0.4 is 5.73 Å². The predicted molar refractivity (Wildman–Crippen MR) is 104 cm³/mol. The summed E-state index contributed by atoms with van der Waals surface area (Å²) in [6, 6.07) is 8.50. The molecule has 0 spiro atoms. The molecule has 0 aliphatic carbocycles. The summed E-state index contributed by atoms with van der Waals surface area (Å²) < 4.78 is 19.3. The first-order valence-corrected chi connectivity index (χ1v) is 9.88. The highest BCUT2D eigenvalue weighted by atomic mass is 32.2. The molecule has 1 saturated heterocycles. The van der Waals surface area contributed by atoms with Crippen LogP contribution in [0.1, 0.15) is 10.4 Å². The van der Waals surface area contributed by atoms with Crippen molar-refractivity contribution in [2.45, 2.75) is 0 Å². The van der Waals surface area contributed by atoms with Crippen LogP contribution in [-0.2, 0) is 23.7 Å². The van der Waals surface area contributed by atoms with Gasteiger partial charge in [-0.25, -0.2) is 9.59 Å². The maximum Gasteiger partial charge on any atom is 0.369 e. The molecule has 0 atom stereocenters. The Hall–Kier alpha value is -2.14. The molecule has 0 amide bonds. The van der Waals surface area contributed by atoms with E-state index in [1.165, 1.54) is 0 Å². The average molecular weight is 414 g/mol. The molecule has 0 saturated carbocycles. The topological polar surface area (TPSA) is 117 Å². The third-order valence-electron chi connectivity index (χ3n) is 3.48. The number of nitrogens with two attached hydrogens (primary N) is 1. The van der Waals surface area contributed by atoms with Crippen molar-refractivity contribution in [2.24, 2.45) is 5.73 Å². The second-order valence-corrected chi connectivity index (χ2v) is 6.13. The Balaban J connectivity index is 0.000000283. The smallest absolute Gasteiger partial charge is 0.369 e. The maximum atomic E-state index is 11.3. The molecule has 28 heavy (non-hydrogen) atoms. The number of hydrogen-bond acceptors (Lipinski definition) is 10. The predicted octanol–water partition coefficient (Wildman–Crippen LogP) is 1.12. The van der Waals surface area contributed by atoms with E-state index >= 15 is 0 Å². The highest BCUT2D eigenvalue weighted by Gasteiger charge is 2.10. The Morgan fingerprint density at radius 3 is 2.39 bits per heavy atom. The molecular weight excluding hydrogens is 388 g/mol. The van der Waals surface area contributed by atoms with Gasteiger partial charge >= 0.3 is 17.2 Å². The van der Waals surface area contributed by atoms with Gasteiger partial charge in [0.25, 0.3) is 0 Å². The first kappa shape index (κ1) is 23.9. The van der Waals surface area contributed by atoms with Crippen LogP contribution in [-0.4, -0.2) is 81.2 Å². The highest BCUT2D eigenvalue weighted by Crippen LogP contribution is 2.03. The molecule has 0 aromatic heterocycles. The van der Waals surface area contributed by atoms with Crippen molar-refractivity contribution >= 4 is 29.0 Å². The second kappa shape index (κ2) is 14.9. The van der Waals surface area contributed by atoms with Gasteiger partial charge in [0.05, 0.1) is 25.3 Å². The molecule has 1 aromatic rings. The van der Waals surface area contributed by atoms with Crippen LogP contribution >= 0.6 is 11.8 Å². The number of benzene rings is 1. The van der Waals surface area contributed by atoms with Gasteiger partial charge in [0.1, 0.15) is 6.61 Å². The Bertz CT molecular complexity index is 595. The van der Waals surface area contributed by atoms with Crippen molar-refractivity contribution in [1.29, 1.82) is 0 Å². The largest absolute Gasteiger partial charge is 0.463 e. The molecule has 10 heteroatoms. The Morgan fingerprint density at radius 2 is 1.79 bits per heavy atom. The summed E-state index contributed by atoms with van der Waals surface area (Å²) in [5.41, 5.74) is 5.51. The van der Waals surface area contributed by atoms with Crippen molar-refractivity contribution in [2.75, 3.05) is 59.0 Å². The normalized spacial score (nSPS) is 13.6. The van der Waals surface area contributed by atoms with Gasteiger partial charge in [-0.2, -0.15) is 0 Å². The van der Waals surface area contributed by atoms with Crippen LogP contribution in [0.5, 0.6) is 0 Å². The molecule has 0 radical (unpaired) electrons. The molecule has 2 rings (SSSR count). The number of ether oxygens (including phenoxy) is 4. The number of nitrogens with zero attached hydrogens (tertiary/aromatic N) is 1. The van der Waals surface area contributed by atoms with Gasteiger partial charge < -0.3 is 24.7 Å². The zero-order valence-electron chi connectivity index (χ0n) is 15.8. The summed E-state index contributed by atoms with van der Waals surface area (Å²) in [5.74, 6) is -0.849. The van der Waals surface area contributed by atoms with E-state index < -0.39 is 11.3 Å². The third-order valence-corrected chi connectivity index (χ3v) is 3.94. The van der Waals surface area contributed by atoms with E-state index in [0.29, 0.717) is 12.2 Å². The summed E-state index contributed by atoms with van der Waals surface area (Å²) in [6.45, 7) is 4.18. The summed E-state index contributed by atoms with van der Waals surface area (Å²) in [4.78, 5) is 34.8. The van der Waals surface area contributed by atoms with Gasteiger partial charge in [0.2, 0.25) is 6.79 Å². The zero-order chi connectivity index (χ0) is 20.6. The minimum absolute atomic E-state index is 0.0386. The van der Waals surface area contributed by atoms with Gasteiger partial charge in [0.15, 0.2) is 0 Å². The molecule has 1 fully saturated rings. The molecule has 1 heterocycles. The maximum absolute atomic E-state index is 11.3. The van der Waals surface area contributed by atoms with Crippen LogP contribution in [0.25, 0.3) is 0 Å². The molecule has 2 N–H and O–H groups in total. The summed E-state index contributed by atoms with van der Waals surface area (Å²) in [7, 11) is 0. The molecular formula is C18H26N2O7S. The van der Waals surface area contributed by atoms with E-state index in [2.05, 4.69) is 9.64 Å². The molecule has 0 bridgehead atoms. The number of carbonyl (C=O) groups excluding carboxylic acids is 3. The van der Waals surface area contributed by atoms with Crippen LogP contribution in [0, 0.1) is 0 Å². The van der Waals surface area contributed by atoms with Gasteiger partial charge in [-0.05, 0) is 30.2 Å². The van der Waals surface area contributed by atoms with Gasteiger partial charge in [-0.3, -0.25) is 9.69 Å². The Labute approximate surface area is 168 Å². The zero-order valence-corrected chi connectivity index (χ0v) is 16.7. The molecule has 156 valence electrons. The fourth-order valence-electron chi connectivity index (χ4n) is 2.02. The van der Waals surface area contributed by atoms with Crippen LogP contribution in [0.4, 0.5) is 4.79 Å². The monoisotopic (exact) mass is 414 g/mol. The second-order valence-electron chi connectivity index (χ2n) is 5.39. The lowest BCUT2D eigenvalue weighted by Crippen LogP contribution is -2.38. The number of morpholine rings is 1. The lowest BCUT2D eigenvalue weighted by molar-refractivity contribution is -0.142. The first-order valence-electron chi connectivity index (χ1n) is 8.65. The fourth-order valence-corrected chi connectivity index (χ4v) is 2.19. The van der Waals surface area contributed by atoms with Gasteiger partial charge in [-0.1, -0.05) is 18.2 Å². The Morgan fingerprint density at radius 1 is 1.11 bits per heavy atom. The lowest BCUT2D eigenvalue weighted by atomic mass is 10.2. The summed E-state index contributed by atoms with van der Waals surface area (Å²) >= 11 is 0.920. The van der Waals surface area contributed by atoms with Crippen molar-refractivity contribution in [3.63, 3.8) is 0 Å². The van der Waals surface area contributed by atoms with E-state index in [9.17, 15) is 14.4 Å². The minimum atomic E-state index is -0.510. The third kappa shape index (κ3) is 10.9. The number of rotatable bonds is 7. The minimum Gasteiger partial charge on any atom is -0.463 e. The first-order chi connectivity index (χ1) is 13.6. The van der Waals surface area contributed by atoms with Crippen LogP contribution in [0.2, 0.25) is 0 Å². The van der Waals surface area contributed by atoms with Crippen LogP contribution in [0.3, 0.4) is 0 Å². The molecule has 1 aliphatic rings. The quantitative estimate of drug-likeness (QED) is 0.514. The van der Waals surface area contributed by atoms with Gasteiger partial charge in [-0.15, -0.1) is 0 Å². The summed E-state index contributed by atoms with van der Waals surface area (Å²) in [5, 5.41) is -0.476. The standard InChI is InChI=1S/C10H10O4S.C8H16N2O3/c1-15-10(12)14-7-13-9(11)8-5-3-2-4-6-8;9-7-8(11)13-6-3-10-1-4-12-5-2-10/h2-6H,7H2,1H3;1-7,9H2. The van der Waals surface area contributed by atoms with Crippen molar-refractivity contribution in [3.05, 3.63) is 35.9 Å². The number of hydrogen-bond donors (Lipinski definition) is 1. The molecule has 1 aromatic carbocycles. The molecule has 9 nitrogen and oxygen atoms in total. The van der Waals surface area contributed by atoms with E-state index in [-0.39, 0.29) is 19.3 Å². The van der Waals surface area contributed by atoms with E-state index in [0.717, 1.165) is 44.6 Å². The molecule has 1 aliphatic heterocycles. The Kier molecular flexibility index (Phi) is 12.7. The van der Waals surface area contributed by atoms with E-state index in [1.54, 1.807) is 36.6 Å². The van der Waals surface area contributed by atoms with Crippen molar-refractivity contribution in [3.8, 4) is 0 Å². The van der Waals surface area contributed by atoms with E-state index in [1.807, 2.05) is 0 Å². The SMILES string of the molecule is CSC(=O)OCOC(=O)c1ccccc1.NCC(=O)OCCN1CCOCC1. The molecule has 0 unspecified atom stereocenters. The fraction of sp³-hybridized carbons (Fsp3) is 0.500. The number of thioether (sulfide) groups is 1. The van der Waals surface area contributed by atoms with Crippen LogP contribution in [0.15, 0.2) is 30.3 Å². The lowest BCUT2D eigenvalue weighted by Gasteiger charge is -2.26. The summed E-state index contributed by atoms with van der Waals surface area (Å²) in [6.07, 6.45) is 1.58. The van der Waals surface area contributed by atoms with E-state index in [4.69, 9.17) is 19.9 Å². The average Bonchev–Trinajstić information content (AvgIpc) is 2.75.